The molecule has 0 radical (unpaired) electrons. The average molecular weight is 369 g/mol. The summed E-state index contributed by atoms with van der Waals surface area (Å²) in [4.78, 5) is 23.5. The van der Waals surface area contributed by atoms with Crippen molar-refractivity contribution in [1.82, 2.24) is 10.6 Å². The van der Waals surface area contributed by atoms with Crippen molar-refractivity contribution in [2.75, 3.05) is 13.7 Å². The maximum Gasteiger partial charge on any atom is 0.244 e. The molecule has 0 spiro atoms. The molecule has 6 heteroatoms. The molecule has 0 saturated carbocycles. The van der Waals surface area contributed by atoms with E-state index in [2.05, 4.69) is 26.6 Å². The lowest BCUT2D eigenvalue weighted by Crippen LogP contribution is -2.44. The highest BCUT2D eigenvalue weighted by molar-refractivity contribution is 9.10. The summed E-state index contributed by atoms with van der Waals surface area (Å²) < 4.78 is 6.12. The van der Waals surface area contributed by atoms with Crippen molar-refractivity contribution in [2.45, 2.75) is 26.3 Å². The first-order chi connectivity index (χ1) is 10.5. The molecule has 1 aromatic carbocycles. The number of ether oxygens (including phenoxy) is 1. The molecule has 0 heterocycles. The first-order valence-electron chi connectivity index (χ1n) is 7.07. The largest absolute Gasteiger partial charge is 0.496 e. The van der Waals surface area contributed by atoms with Gasteiger partial charge < -0.3 is 15.4 Å². The topological polar surface area (TPSA) is 67.4 Å². The van der Waals surface area contributed by atoms with Crippen LogP contribution in [-0.2, 0) is 9.59 Å². The molecule has 0 aliphatic heterocycles. The van der Waals surface area contributed by atoms with E-state index in [1.807, 2.05) is 25.1 Å². The second kappa shape index (κ2) is 9.25. The second-order valence-corrected chi connectivity index (χ2v) is 5.66. The molecule has 2 N–H and O–H groups in total. The van der Waals surface area contributed by atoms with E-state index < -0.39 is 6.04 Å². The minimum absolute atomic E-state index is 0.191. The third kappa shape index (κ3) is 5.89. The molecule has 0 bridgehead atoms. The fraction of sp³-hybridized carbons (Fsp3) is 0.375. The number of halogens is 1. The number of rotatable bonds is 7. The lowest BCUT2D eigenvalue weighted by molar-refractivity contribution is -0.126. The van der Waals surface area contributed by atoms with Gasteiger partial charge in [-0.2, -0.15) is 0 Å². The summed E-state index contributed by atoms with van der Waals surface area (Å²) in [6.07, 6.45) is 3.89. The van der Waals surface area contributed by atoms with Gasteiger partial charge in [0, 0.05) is 22.7 Å². The van der Waals surface area contributed by atoms with Crippen molar-refractivity contribution in [3.05, 3.63) is 34.3 Å². The molecule has 0 fully saturated rings. The Morgan fingerprint density at radius 3 is 2.77 bits per heavy atom. The van der Waals surface area contributed by atoms with E-state index in [4.69, 9.17) is 4.74 Å². The molecule has 0 aliphatic rings. The van der Waals surface area contributed by atoms with Crippen molar-refractivity contribution in [1.29, 1.82) is 0 Å². The van der Waals surface area contributed by atoms with Gasteiger partial charge in [0.1, 0.15) is 11.8 Å². The number of carbonyl (C=O) groups is 2. The molecule has 1 aromatic rings. The van der Waals surface area contributed by atoms with Crippen LogP contribution in [-0.4, -0.2) is 31.5 Å². The highest BCUT2D eigenvalue weighted by Gasteiger charge is 2.13. The van der Waals surface area contributed by atoms with Gasteiger partial charge in [0.25, 0.3) is 0 Å². The second-order valence-electron chi connectivity index (χ2n) is 4.74. The maximum atomic E-state index is 11.9. The number of carbonyl (C=O) groups excluding carboxylic acids is 2. The summed E-state index contributed by atoms with van der Waals surface area (Å²) >= 11 is 3.37. The molecule has 0 saturated heterocycles. The van der Waals surface area contributed by atoms with Crippen molar-refractivity contribution < 1.29 is 14.3 Å². The van der Waals surface area contributed by atoms with E-state index >= 15 is 0 Å². The summed E-state index contributed by atoms with van der Waals surface area (Å²) in [6, 6.07) is 4.94. The predicted molar refractivity (Wildman–Crippen MR) is 90.6 cm³/mol. The first kappa shape index (κ1) is 18.2. The third-order valence-electron chi connectivity index (χ3n) is 2.91. The zero-order valence-corrected chi connectivity index (χ0v) is 14.6. The summed E-state index contributed by atoms with van der Waals surface area (Å²) in [5.74, 6) is 0.144. The van der Waals surface area contributed by atoms with Crippen LogP contribution in [0.3, 0.4) is 0 Å². The van der Waals surface area contributed by atoms with Crippen molar-refractivity contribution in [3.63, 3.8) is 0 Å². The van der Waals surface area contributed by atoms with E-state index in [0.717, 1.165) is 16.5 Å². The number of nitrogens with one attached hydrogen (secondary N) is 2. The van der Waals surface area contributed by atoms with E-state index in [1.54, 1.807) is 20.1 Å². The van der Waals surface area contributed by atoms with Crippen LogP contribution in [0.2, 0.25) is 0 Å². The molecule has 5 nitrogen and oxygen atoms in total. The lowest BCUT2D eigenvalue weighted by atomic mass is 10.2. The SMILES string of the molecule is CCCNC(=O)[C@H](C)NC(=O)/C=C\c1cc(Br)ccc1OC. The molecular weight excluding hydrogens is 348 g/mol. The molecule has 0 aliphatic carbocycles. The van der Waals surface area contributed by atoms with Crippen molar-refractivity contribution in [3.8, 4) is 5.75 Å². The average Bonchev–Trinajstić information content (AvgIpc) is 2.50. The van der Waals surface area contributed by atoms with Gasteiger partial charge in [-0.3, -0.25) is 9.59 Å². The third-order valence-corrected chi connectivity index (χ3v) is 3.40. The molecule has 2 amide bonds. The van der Waals surface area contributed by atoms with Gasteiger partial charge in [0.15, 0.2) is 0 Å². The molecule has 120 valence electrons. The quantitative estimate of drug-likeness (QED) is 0.726. The van der Waals surface area contributed by atoms with Gasteiger partial charge in [-0.15, -0.1) is 0 Å². The zero-order valence-electron chi connectivity index (χ0n) is 13.0. The van der Waals surface area contributed by atoms with Gasteiger partial charge >= 0.3 is 0 Å². The lowest BCUT2D eigenvalue weighted by Gasteiger charge is -2.12. The Balaban J connectivity index is 2.64. The Kier molecular flexibility index (Phi) is 7.66. The van der Waals surface area contributed by atoms with Crippen LogP contribution < -0.4 is 15.4 Å². The van der Waals surface area contributed by atoms with Crippen LogP contribution in [0.1, 0.15) is 25.8 Å². The zero-order chi connectivity index (χ0) is 16.5. The number of hydrogen-bond donors (Lipinski definition) is 2. The van der Waals surface area contributed by atoms with Crippen LogP contribution in [0.5, 0.6) is 5.75 Å². The standard InChI is InChI=1S/C16H21BrN2O3/c1-4-9-18-16(21)11(2)19-15(20)8-5-12-10-13(17)6-7-14(12)22-3/h5-8,10-11H,4,9H2,1-3H3,(H,18,21)(H,19,20)/b8-5-/t11-/m0/s1. The van der Waals surface area contributed by atoms with E-state index in [1.165, 1.54) is 6.08 Å². The van der Waals surface area contributed by atoms with Gasteiger partial charge in [-0.25, -0.2) is 0 Å². The predicted octanol–water partition coefficient (Wildman–Crippen LogP) is 2.50. The number of benzene rings is 1. The highest BCUT2D eigenvalue weighted by Crippen LogP contribution is 2.23. The minimum atomic E-state index is -0.576. The highest BCUT2D eigenvalue weighted by atomic mass is 79.9. The Morgan fingerprint density at radius 1 is 1.41 bits per heavy atom. The molecular formula is C16H21BrN2O3. The minimum Gasteiger partial charge on any atom is -0.496 e. The van der Waals surface area contributed by atoms with Crippen molar-refractivity contribution in [2.24, 2.45) is 0 Å². The number of methoxy groups -OCH3 is 1. The Morgan fingerprint density at radius 2 is 2.14 bits per heavy atom. The van der Waals surface area contributed by atoms with Crippen LogP contribution >= 0.6 is 15.9 Å². The van der Waals surface area contributed by atoms with E-state index in [0.29, 0.717) is 12.3 Å². The van der Waals surface area contributed by atoms with Crippen molar-refractivity contribution >= 4 is 33.8 Å². The molecule has 0 unspecified atom stereocenters. The number of amides is 2. The van der Waals surface area contributed by atoms with Crippen LogP contribution in [0, 0.1) is 0 Å². The van der Waals surface area contributed by atoms with Crippen LogP contribution in [0.25, 0.3) is 6.08 Å². The first-order valence-corrected chi connectivity index (χ1v) is 7.87. The Bertz CT molecular complexity index is 558. The van der Waals surface area contributed by atoms with E-state index in [9.17, 15) is 9.59 Å². The maximum absolute atomic E-state index is 11.9. The van der Waals surface area contributed by atoms with Crippen LogP contribution in [0.15, 0.2) is 28.7 Å². The molecule has 1 rings (SSSR count). The summed E-state index contributed by atoms with van der Waals surface area (Å²) in [6.45, 7) is 4.22. The van der Waals surface area contributed by atoms with E-state index in [-0.39, 0.29) is 11.8 Å². The normalized spacial score (nSPS) is 12.0. The molecule has 1 atom stereocenters. The molecule has 0 aromatic heterocycles. The fourth-order valence-electron chi connectivity index (χ4n) is 1.73. The van der Waals surface area contributed by atoms with Gasteiger partial charge in [0.2, 0.25) is 11.8 Å². The van der Waals surface area contributed by atoms with Gasteiger partial charge in [-0.05, 0) is 37.6 Å². The Hall–Kier alpha value is -1.82. The number of hydrogen-bond acceptors (Lipinski definition) is 3. The smallest absolute Gasteiger partial charge is 0.244 e. The van der Waals surface area contributed by atoms with Gasteiger partial charge in [0.05, 0.1) is 7.11 Å². The molecule has 22 heavy (non-hydrogen) atoms. The summed E-state index contributed by atoms with van der Waals surface area (Å²) in [5.41, 5.74) is 0.773. The fourth-order valence-corrected chi connectivity index (χ4v) is 2.11. The Labute approximate surface area is 139 Å². The monoisotopic (exact) mass is 368 g/mol. The van der Waals surface area contributed by atoms with Gasteiger partial charge in [-0.1, -0.05) is 22.9 Å². The summed E-state index contributed by atoms with van der Waals surface area (Å²) in [7, 11) is 1.57. The van der Waals surface area contributed by atoms with Crippen LogP contribution in [0.4, 0.5) is 0 Å². The summed E-state index contributed by atoms with van der Waals surface area (Å²) in [5, 5.41) is 5.35.